The smallest absolute Gasteiger partial charge is 0.328 e. The van der Waals surface area contributed by atoms with Crippen molar-refractivity contribution in [3.63, 3.8) is 0 Å². The standard InChI is InChI=1S/C15H28N2O3/c1-2-3-4-5-6-9-12-20-14(18)13-10-7-8-11-17(13)15(16)19/h13H,2-12H2,1H3,(H2,16,19)/t13-/m1/s1. The Balaban J connectivity index is 2.19. The van der Waals surface area contributed by atoms with E-state index in [1.807, 2.05) is 0 Å². The molecule has 2 amide bonds. The molecule has 2 N–H and O–H groups in total. The van der Waals surface area contributed by atoms with Gasteiger partial charge in [-0.25, -0.2) is 9.59 Å². The molecule has 0 bridgehead atoms. The van der Waals surface area contributed by atoms with Gasteiger partial charge in [0.25, 0.3) is 0 Å². The van der Waals surface area contributed by atoms with Crippen molar-refractivity contribution in [1.29, 1.82) is 0 Å². The number of carbonyl (C=O) groups excluding carboxylic acids is 2. The predicted molar refractivity (Wildman–Crippen MR) is 78.3 cm³/mol. The van der Waals surface area contributed by atoms with Gasteiger partial charge in [0.15, 0.2) is 0 Å². The van der Waals surface area contributed by atoms with Crippen molar-refractivity contribution in [3.05, 3.63) is 0 Å². The molecule has 1 heterocycles. The van der Waals surface area contributed by atoms with Crippen LogP contribution in [0.5, 0.6) is 0 Å². The molecule has 1 aliphatic heterocycles. The molecular formula is C15H28N2O3. The van der Waals surface area contributed by atoms with E-state index >= 15 is 0 Å². The second-order valence-electron chi connectivity index (χ2n) is 5.48. The molecule has 1 fully saturated rings. The summed E-state index contributed by atoms with van der Waals surface area (Å²) in [5, 5.41) is 0. The van der Waals surface area contributed by atoms with Gasteiger partial charge in [0.05, 0.1) is 6.61 Å². The Kier molecular flexibility index (Phi) is 8.07. The van der Waals surface area contributed by atoms with Crippen LogP contribution in [0.3, 0.4) is 0 Å². The van der Waals surface area contributed by atoms with Crippen molar-refractivity contribution < 1.29 is 14.3 Å². The van der Waals surface area contributed by atoms with Crippen molar-refractivity contribution in [2.75, 3.05) is 13.2 Å². The van der Waals surface area contributed by atoms with Crippen LogP contribution in [0.1, 0.15) is 64.7 Å². The van der Waals surface area contributed by atoms with Crippen molar-refractivity contribution in [2.45, 2.75) is 70.8 Å². The van der Waals surface area contributed by atoms with Gasteiger partial charge in [-0.3, -0.25) is 0 Å². The summed E-state index contributed by atoms with van der Waals surface area (Å²) in [5.41, 5.74) is 5.30. The molecule has 0 aromatic rings. The summed E-state index contributed by atoms with van der Waals surface area (Å²) >= 11 is 0. The number of esters is 1. The molecule has 1 rings (SSSR count). The van der Waals surface area contributed by atoms with Crippen LogP contribution in [0.4, 0.5) is 4.79 Å². The number of hydrogen-bond donors (Lipinski definition) is 1. The van der Waals surface area contributed by atoms with Gasteiger partial charge in [-0.1, -0.05) is 39.0 Å². The minimum absolute atomic E-state index is 0.294. The van der Waals surface area contributed by atoms with Crippen LogP contribution >= 0.6 is 0 Å². The zero-order valence-corrected chi connectivity index (χ0v) is 12.6. The molecule has 5 nitrogen and oxygen atoms in total. The third-order valence-corrected chi connectivity index (χ3v) is 3.80. The van der Waals surface area contributed by atoms with Crippen LogP contribution in [0, 0.1) is 0 Å². The summed E-state index contributed by atoms with van der Waals surface area (Å²) in [6.45, 7) is 3.20. The zero-order valence-electron chi connectivity index (χ0n) is 12.6. The van der Waals surface area contributed by atoms with E-state index in [0.29, 0.717) is 19.6 Å². The first-order valence-electron chi connectivity index (χ1n) is 7.89. The fourth-order valence-electron chi connectivity index (χ4n) is 2.59. The van der Waals surface area contributed by atoms with E-state index in [1.54, 1.807) is 0 Å². The van der Waals surface area contributed by atoms with Gasteiger partial charge in [-0.15, -0.1) is 0 Å². The lowest BCUT2D eigenvalue weighted by Crippen LogP contribution is -2.50. The molecule has 0 unspecified atom stereocenters. The van der Waals surface area contributed by atoms with E-state index in [0.717, 1.165) is 25.7 Å². The van der Waals surface area contributed by atoms with Crippen molar-refractivity contribution >= 4 is 12.0 Å². The highest BCUT2D eigenvalue weighted by atomic mass is 16.5. The fraction of sp³-hybridized carbons (Fsp3) is 0.867. The first-order chi connectivity index (χ1) is 9.66. The molecule has 1 aliphatic rings. The van der Waals surface area contributed by atoms with Crippen LogP contribution in [0.25, 0.3) is 0 Å². The Bertz CT molecular complexity index is 307. The van der Waals surface area contributed by atoms with Gasteiger partial charge in [-0.2, -0.15) is 0 Å². The van der Waals surface area contributed by atoms with Gasteiger partial charge in [0, 0.05) is 6.54 Å². The van der Waals surface area contributed by atoms with Gasteiger partial charge < -0.3 is 15.4 Å². The highest BCUT2D eigenvalue weighted by Crippen LogP contribution is 2.18. The third kappa shape index (κ3) is 5.80. The summed E-state index contributed by atoms with van der Waals surface area (Å²) < 4.78 is 5.28. The Labute approximate surface area is 121 Å². The first-order valence-corrected chi connectivity index (χ1v) is 7.89. The number of nitrogens with zero attached hydrogens (tertiary/aromatic N) is 1. The average Bonchev–Trinajstić information content (AvgIpc) is 2.46. The number of ether oxygens (including phenoxy) is 1. The zero-order chi connectivity index (χ0) is 14.8. The number of carbonyl (C=O) groups is 2. The first kappa shape index (κ1) is 16.8. The molecule has 116 valence electrons. The lowest BCUT2D eigenvalue weighted by atomic mass is 10.0. The van der Waals surface area contributed by atoms with Crippen molar-refractivity contribution in [1.82, 2.24) is 4.90 Å². The van der Waals surface area contributed by atoms with E-state index in [4.69, 9.17) is 10.5 Å². The number of rotatable bonds is 8. The maximum absolute atomic E-state index is 12.0. The monoisotopic (exact) mass is 284 g/mol. The van der Waals surface area contributed by atoms with Crippen molar-refractivity contribution in [2.24, 2.45) is 5.73 Å². The van der Waals surface area contributed by atoms with Crippen LogP contribution in [0.2, 0.25) is 0 Å². The van der Waals surface area contributed by atoms with E-state index in [-0.39, 0.29) is 5.97 Å². The molecule has 0 saturated carbocycles. The van der Waals surface area contributed by atoms with E-state index < -0.39 is 12.1 Å². The van der Waals surface area contributed by atoms with Crippen LogP contribution in [-0.2, 0) is 9.53 Å². The highest BCUT2D eigenvalue weighted by molar-refractivity contribution is 5.83. The Morgan fingerprint density at radius 1 is 1.15 bits per heavy atom. The maximum Gasteiger partial charge on any atom is 0.328 e. The van der Waals surface area contributed by atoms with Crippen LogP contribution < -0.4 is 5.73 Å². The molecule has 0 radical (unpaired) electrons. The van der Waals surface area contributed by atoms with E-state index in [2.05, 4.69) is 6.92 Å². The van der Waals surface area contributed by atoms with Gasteiger partial charge in [0.1, 0.15) is 6.04 Å². The van der Waals surface area contributed by atoms with Gasteiger partial charge in [0.2, 0.25) is 0 Å². The molecule has 0 aromatic carbocycles. The molecule has 1 saturated heterocycles. The number of unbranched alkanes of at least 4 members (excludes halogenated alkanes) is 5. The van der Waals surface area contributed by atoms with E-state index in [1.165, 1.54) is 30.6 Å². The lowest BCUT2D eigenvalue weighted by Gasteiger charge is -2.32. The third-order valence-electron chi connectivity index (χ3n) is 3.80. The Morgan fingerprint density at radius 3 is 2.55 bits per heavy atom. The summed E-state index contributed by atoms with van der Waals surface area (Å²) in [6, 6.07) is -0.993. The largest absolute Gasteiger partial charge is 0.464 e. The van der Waals surface area contributed by atoms with Crippen LogP contribution in [0.15, 0.2) is 0 Å². The number of likely N-dealkylation sites (tertiary alicyclic amines) is 1. The lowest BCUT2D eigenvalue weighted by molar-refractivity contribution is -0.150. The highest BCUT2D eigenvalue weighted by Gasteiger charge is 2.31. The minimum atomic E-state index is -0.522. The predicted octanol–water partition coefficient (Wildman–Crippen LogP) is 2.82. The molecule has 0 spiro atoms. The van der Waals surface area contributed by atoms with Gasteiger partial charge in [-0.05, 0) is 25.7 Å². The number of hydrogen-bond acceptors (Lipinski definition) is 3. The molecule has 1 atom stereocenters. The molecular weight excluding hydrogens is 256 g/mol. The Hall–Kier alpha value is -1.26. The molecule has 0 aliphatic carbocycles. The summed E-state index contributed by atoms with van der Waals surface area (Å²) in [5.74, 6) is -0.294. The van der Waals surface area contributed by atoms with Crippen LogP contribution in [-0.4, -0.2) is 36.1 Å². The normalized spacial score (nSPS) is 18.9. The number of amides is 2. The van der Waals surface area contributed by atoms with E-state index in [9.17, 15) is 9.59 Å². The summed E-state index contributed by atoms with van der Waals surface area (Å²) in [6.07, 6.45) is 9.47. The molecule has 5 heteroatoms. The quantitative estimate of drug-likeness (QED) is 0.550. The maximum atomic E-state index is 12.0. The van der Waals surface area contributed by atoms with Gasteiger partial charge >= 0.3 is 12.0 Å². The Morgan fingerprint density at radius 2 is 1.85 bits per heavy atom. The number of primary amides is 1. The fourth-order valence-corrected chi connectivity index (χ4v) is 2.59. The minimum Gasteiger partial charge on any atom is -0.464 e. The number of nitrogens with two attached hydrogens (primary N) is 1. The number of urea groups is 1. The van der Waals surface area contributed by atoms with Crippen molar-refractivity contribution in [3.8, 4) is 0 Å². The second-order valence-corrected chi connectivity index (χ2v) is 5.48. The summed E-state index contributed by atoms with van der Waals surface area (Å²) in [4.78, 5) is 24.7. The second kappa shape index (κ2) is 9.61. The number of piperidine rings is 1. The summed E-state index contributed by atoms with van der Waals surface area (Å²) in [7, 11) is 0. The SMILES string of the molecule is CCCCCCCCOC(=O)[C@H]1CCCCN1C(N)=O. The topological polar surface area (TPSA) is 72.6 Å². The average molecular weight is 284 g/mol. The molecule has 20 heavy (non-hydrogen) atoms. The molecule has 0 aromatic heterocycles.